The van der Waals surface area contributed by atoms with Gasteiger partial charge in [0.05, 0.1) is 35.2 Å². The predicted octanol–water partition coefficient (Wildman–Crippen LogP) is 3.13. The Morgan fingerprint density at radius 1 is 1.17 bits per heavy atom. The molecule has 1 amide bonds. The molecule has 0 bridgehead atoms. The number of carbonyl (C=O) groups is 2. The van der Waals surface area contributed by atoms with Crippen molar-refractivity contribution in [3.8, 4) is 5.75 Å². The number of thiazole rings is 1. The second-order valence-electron chi connectivity index (χ2n) is 8.21. The summed E-state index contributed by atoms with van der Waals surface area (Å²) in [5, 5.41) is 0. The van der Waals surface area contributed by atoms with Gasteiger partial charge in [-0.2, -0.15) is 9.30 Å². The summed E-state index contributed by atoms with van der Waals surface area (Å²) in [6.07, 6.45) is 3.06. The van der Waals surface area contributed by atoms with Crippen LogP contribution in [0.4, 0.5) is 0 Å². The van der Waals surface area contributed by atoms with Gasteiger partial charge in [-0.1, -0.05) is 11.3 Å². The van der Waals surface area contributed by atoms with Crippen molar-refractivity contribution < 1.29 is 27.5 Å². The zero-order valence-electron chi connectivity index (χ0n) is 20.2. The van der Waals surface area contributed by atoms with Gasteiger partial charge in [0.2, 0.25) is 10.0 Å². The molecule has 0 saturated carbocycles. The highest BCUT2D eigenvalue weighted by molar-refractivity contribution is 7.98. The van der Waals surface area contributed by atoms with E-state index in [4.69, 9.17) is 9.47 Å². The van der Waals surface area contributed by atoms with Crippen LogP contribution >= 0.6 is 23.1 Å². The molecule has 1 atom stereocenters. The SMILES string of the molecule is COC(=O)Cn1c(=NC(=O)C2CCCN(S(=O)(=O)c3ccc(OC)cc3)C2)sc2cc(SC)ccc21. The molecule has 3 aromatic rings. The first kappa shape index (κ1) is 26.4. The molecule has 1 aliphatic heterocycles. The van der Waals surface area contributed by atoms with Gasteiger partial charge in [-0.25, -0.2) is 8.42 Å². The van der Waals surface area contributed by atoms with Crippen LogP contribution in [0.15, 0.2) is 57.2 Å². The van der Waals surface area contributed by atoms with Crippen LogP contribution in [-0.2, 0) is 30.9 Å². The number of piperidine rings is 1. The van der Waals surface area contributed by atoms with Crippen molar-refractivity contribution in [2.45, 2.75) is 29.2 Å². The third-order valence-electron chi connectivity index (χ3n) is 6.04. The summed E-state index contributed by atoms with van der Waals surface area (Å²) in [5.41, 5.74) is 0.780. The lowest BCUT2D eigenvalue weighted by atomic mass is 9.99. The van der Waals surface area contributed by atoms with Gasteiger partial charge in [-0.05, 0) is 61.6 Å². The van der Waals surface area contributed by atoms with Crippen LogP contribution in [0, 0.1) is 5.92 Å². The molecule has 12 heteroatoms. The molecule has 1 aromatic heterocycles. The number of methoxy groups -OCH3 is 2. The van der Waals surface area contributed by atoms with E-state index in [1.54, 1.807) is 28.5 Å². The highest BCUT2D eigenvalue weighted by Gasteiger charge is 2.33. The molecule has 1 aliphatic rings. The number of ether oxygens (including phenoxy) is 2. The fourth-order valence-electron chi connectivity index (χ4n) is 4.06. The summed E-state index contributed by atoms with van der Waals surface area (Å²) in [7, 11) is -0.939. The van der Waals surface area contributed by atoms with Gasteiger partial charge in [0.1, 0.15) is 12.3 Å². The van der Waals surface area contributed by atoms with Gasteiger partial charge < -0.3 is 14.0 Å². The Balaban J connectivity index is 1.63. The monoisotopic (exact) mass is 549 g/mol. The lowest BCUT2D eigenvalue weighted by Gasteiger charge is -2.30. The van der Waals surface area contributed by atoms with Crippen molar-refractivity contribution in [2.75, 3.05) is 33.6 Å². The van der Waals surface area contributed by atoms with Gasteiger partial charge in [-0.3, -0.25) is 9.59 Å². The van der Waals surface area contributed by atoms with Crippen molar-refractivity contribution in [2.24, 2.45) is 10.9 Å². The fraction of sp³-hybridized carbons (Fsp3) is 0.375. The van der Waals surface area contributed by atoms with Crippen LogP contribution in [0.25, 0.3) is 10.2 Å². The average Bonchev–Trinajstić information content (AvgIpc) is 3.24. The predicted molar refractivity (Wildman–Crippen MR) is 139 cm³/mol. The maximum Gasteiger partial charge on any atom is 0.325 e. The molecule has 0 spiro atoms. The summed E-state index contributed by atoms with van der Waals surface area (Å²) in [6.45, 7) is 0.305. The van der Waals surface area contributed by atoms with Crippen LogP contribution in [0.3, 0.4) is 0 Å². The maximum atomic E-state index is 13.2. The standard InChI is InChI=1S/C24H27N3O6S3/c1-32-17-6-9-19(10-7-17)36(30,31)26-12-4-5-16(14-26)23(29)25-24-27(15-22(28)33-2)20-11-8-18(34-3)13-21(20)35-24/h6-11,13,16H,4-5,12,14-15H2,1-3H3. The Kier molecular flexibility index (Phi) is 8.18. The topological polar surface area (TPSA) is 107 Å². The second kappa shape index (κ2) is 11.2. The molecule has 0 aliphatic carbocycles. The number of sulfonamides is 1. The minimum absolute atomic E-state index is 0.0508. The third kappa shape index (κ3) is 5.51. The molecule has 1 unspecified atom stereocenters. The summed E-state index contributed by atoms with van der Waals surface area (Å²) in [6, 6.07) is 12.0. The van der Waals surface area contributed by atoms with Crippen LogP contribution < -0.4 is 9.54 Å². The van der Waals surface area contributed by atoms with E-state index >= 15 is 0 Å². The number of esters is 1. The van der Waals surface area contributed by atoms with Gasteiger partial charge in [0.25, 0.3) is 5.91 Å². The number of hydrogen-bond acceptors (Lipinski definition) is 8. The molecule has 192 valence electrons. The number of rotatable bonds is 7. The van der Waals surface area contributed by atoms with Gasteiger partial charge in [-0.15, -0.1) is 11.8 Å². The quantitative estimate of drug-likeness (QED) is 0.329. The Bertz CT molecular complexity index is 1440. The first-order valence-electron chi connectivity index (χ1n) is 11.2. The molecule has 1 fully saturated rings. The number of carbonyl (C=O) groups excluding carboxylic acids is 2. The molecule has 4 rings (SSSR count). The van der Waals surface area contributed by atoms with Crippen molar-refractivity contribution >= 4 is 55.2 Å². The van der Waals surface area contributed by atoms with Crippen molar-refractivity contribution in [1.29, 1.82) is 0 Å². The van der Waals surface area contributed by atoms with E-state index < -0.39 is 27.8 Å². The Morgan fingerprint density at radius 2 is 1.92 bits per heavy atom. The first-order chi connectivity index (χ1) is 17.3. The highest BCUT2D eigenvalue weighted by Crippen LogP contribution is 2.27. The number of aromatic nitrogens is 1. The number of amides is 1. The molecule has 1 saturated heterocycles. The first-order valence-corrected chi connectivity index (χ1v) is 14.7. The molecule has 0 N–H and O–H groups in total. The Hall–Kier alpha value is -2.67. The van der Waals surface area contributed by atoms with Crippen molar-refractivity contribution in [1.82, 2.24) is 8.87 Å². The lowest BCUT2D eigenvalue weighted by molar-refractivity contribution is -0.141. The second-order valence-corrected chi connectivity index (χ2v) is 12.0. The molecule has 2 heterocycles. The van der Waals surface area contributed by atoms with Gasteiger partial charge in [0, 0.05) is 18.0 Å². The lowest BCUT2D eigenvalue weighted by Crippen LogP contribution is -2.42. The van der Waals surface area contributed by atoms with E-state index in [-0.39, 0.29) is 18.0 Å². The van der Waals surface area contributed by atoms with E-state index in [1.807, 2.05) is 24.5 Å². The van der Waals surface area contributed by atoms with Crippen LogP contribution in [0.1, 0.15) is 12.8 Å². The number of fused-ring (bicyclic) bond motifs is 1. The van der Waals surface area contributed by atoms with E-state index in [0.717, 1.165) is 15.1 Å². The minimum atomic E-state index is -3.76. The molecular formula is C24H27N3O6S3. The smallest absolute Gasteiger partial charge is 0.325 e. The van der Waals surface area contributed by atoms with E-state index in [1.165, 1.54) is 42.0 Å². The third-order valence-corrected chi connectivity index (χ3v) is 9.69. The fourth-order valence-corrected chi connectivity index (χ4v) is 7.17. The van der Waals surface area contributed by atoms with Gasteiger partial charge >= 0.3 is 5.97 Å². The zero-order chi connectivity index (χ0) is 25.9. The van der Waals surface area contributed by atoms with Crippen LogP contribution in [-0.4, -0.2) is 62.7 Å². The largest absolute Gasteiger partial charge is 0.497 e. The van der Waals surface area contributed by atoms with E-state index in [2.05, 4.69) is 4.99 Å². The summed E-state index contributed by atoms with van der Waals surface area (Å²) in [5.74, 6) is -0.870. The van der Waals surface area contributed by atoms with E-state index in [0.29, 0.717) is 29.9 Å². The maximum absolute atomic E-state index is 13.2. The van der Waals surface area contributed by atoms with Gasteiger partial charge in [0.15, 0.2) is 4.80 Å². The summed E-state index contributed by atoms with van der Waals surface area (Å²) in [4.78, 5) is 31.3. The molecule has 9 nitrogen and oxygen atoms in total. The normalized spacial score (nSPS) is 17.3. The molecule has 2 aromatic carbocycles. The average molecular weight is 550 g/mol. The van der Waals surface area contributed by atoms with Crippen molar-refractivity contribution in [3.05, 3.63) is 47.3 Å². The van der Waals surface area contributed by atoms with Crippen LogP contribution in [0.5, 0.6) is 5.75 Å². The van der Waals surface area contributed by atoms with Crippen LogP contribution in [0.2, 0.25) is 0 Å². The minimum Gasteiger partial charge on any atom is -0.497 e. The van der Waals surface area contributed by atoms with E-state index in [9.17, 15) is 18.0 Å². The number of benzene rings is 2. The number of hydrogen-bond donors (Lipinski definition) is 0. The molecule has 0 radical (unpaired) electrons. The Labute approximate surface area is 217 Å². The highest BCUT2D eigenvalue weighted by atomic mass is 32.2. The Morgan fingerprint density at radius 3 is 2.58 bits per heavy atom. The number of nitrogens with zero attached hydrogens (tertiary/aromatic N) is 3. The summed E-state index contributed by atoms with van der Waals surface area (Å²) >= 11 is 2.91. The summed E-state index contributed by atoms with van der Waals surface area (Å²) < 4.78 is 40.2. The number of thioether (sulfide) groups is 1. The molecule has 36 heavy (non-hydrogen) atoms. The molecular weight excluding hydrogens is 522 g/mol. The zero-order valence-corrected chi connectivity index (χ0v) is 22.6. The van der Waals surface area contributed by atoms with Crippen molar-refractivity contribution in [3.63, 3.8) is 0 Å².